The molecule has 2 heterocycles. The molecule has 0 bridgehead atoms. The molecule has 0 N–H and O–H groups in total. The first-order valence-electron chi connectivity index (χ1n) is 8.41. The molecule has 1 aliphatic heterocycles. The van der Waals surface area contributed by atoms with E-state index in [0.717, 1.165) is 24.1 Å². The van der Waals surface area contributed by atoms with Gasteiger partial charge in [-0.2, -0.15) is 5.26 Å². The number of rotatable bonds is 4. The Balaban J connectivity index is 1.79. The number of benzene rings is 1. The van der Waals surface area contributed by atoms with Crippen molar-refractivity contribution in [2.75, 3.05) is 13.1 Å². The van der Waals surface area contributed by atoms with Crippen LogP contribution < -0.4 is 0 Å². The van der Waals surface area contributed by atoms with Gasteiger partial charge in [-0.1, -0.05) is 36.4 Å². The van der Waals surface area contributed by atoms with E-state index in [1.54, 1.807) is 6.20 Å². The second-order valence-electron chi connectivity index (χ2n) is 6.22. The zero-order valence-corrected chi connectivity index (χ0v) is 13.6. The molecule has 0 saturated carbocycles. The number of aromatic nitrogens is 1. The molecule has 1 amide bonds. The quantitative estimate of drug-likeness (QED) is 0.870. The zero-order valence-electron chi connectivity index (χ0n) is 13.6. The fourth-order valence-electron chi connectivity index (χ4n) is 3.21. The third kappa shape index (κ3) is 3.80. The maximum atomic E-state index is 13.1. The molecule has 1 aliphatic rings. The van der Waals surface area contributed by atoms with Gasteiger partial charge >= 0.3 is 0 Å². The number of hydrogen-bond donors (Lipinski definition) is 0. The van der Waals surface area contributed by atoms with Gasteiger partial charge in [-0.25, -0.2) is 0 Å². The van der Waals surface area contributed by atoms with E-state index in [0.29, 0.717) is 19.5 Å². The number of carbonyl (C=O) groups is 1. The van der Waals surface area contributed by atoms with Crippen molar-refractivity contribution in [1.29, 1.82) is 5.26 Å². The molecule has 4 heteroatoms. The molecule has 0 spiro atoms. The molecule has 3 rings (SSSR count). The van der Waals surface area contributed by atoms with E-state index in [4.69, 9.17) is 5.26 Å². The fourth-order valence-corrected chi connectivity index (χ4v) is 3.21. The van der Waals surface area contributed by atoms with E-state index in [9.17, 15) is 4.79 Å². The normalized spacial score (nSPS) is 16.4. The third-order valence-electron chi connectivity index (χ3n) is 4.63. The number of piperidine rings is 1. The standard InChI is InChI=1S/C20H21N3O/c21-15-16-9-12-23(13-10-16)20(24)19(17-6-2-1-3-7-17)14-18-8-4-5-11-22-18/h1-8,11,16,19H,9-10,12-14H2. The minimum absolute atomic E-state index is 0.0833. The van der Waals surface area contributed by atoms with Crippen molar-refractivity contribution in [2.45, 2.75) is 25.2 Å². The Morgan fingerprint density at radius 2 is 1.88 bits per heavy atom. The first-order valence-corrected chi connectivity index (χ1v) is 8.41. The Morgan fingerprint density at radius 3 is 2.50 bits per heavy atom. The maximum absolute atomic E-state index is 13.1. The molecule has 24 heavy (non-hydrogen) atoms. The average Bonchev–Trinajstić information content (AvgIpc) is 2.67. The van der Waals surface area contributed by atoms with Gasteiger partial charge in [-0.3, -0.25) is 9.78 Å². The predicted molar refractivity (Wildman–Crippen MR) is 92.0 cm³/mol. The summed E-state index contributed by atoms with van der Waals surface area (Å²) in [6.07, 6.45) is 3.91. The second-order valence-corrected chi connectivity index (χ2v) is 6.22. The molecule has 122 valence electrons. The minimum atomic E-state index is -0.222. The topological polar surface area (TPSA) is 57.0 Å². The van der Waals surface area contributed by atoms with E-state index >= 15 is 0 Å². The highest BCUT2D eigenvalue weighted by atomic mass is 16.2. The molecule has 0 radical (unpaired) electrons. The van der Waals surface area contributed by atoms with Crippen LogP contribution in [0.3, 0.4) is 0 Å². The van der Waals surface area contributed by atoms with Crippen molar-refractivity contribution in [3.8, 4) is 6.07 Å². The van der Waals surface area contributed by atoms with E-state index in [2.05, 4.69) is 11.1 Å². The number of nitriles is 1. The van der Waals surface area contributed by atoms with Gasteiger partial charge < -0.3 is 4.90 Å². The number of likely N-dealkylation sites (tertiary alicyclic amines) is 1. The fraction of sp³-hybridized carbons (Fsp3) is 0.350. The van der Waals surface area contributed by atoms with Crippen LogP contribution in [0.15, 0.2) is 54.7 Å². The summed E-state index contributed by atoms with van der Waals surface area (Å²) in [7, 11) is 0. The molecule has 1 unspecified atom stereocenters. The molecule has 1 aromatic heterocycles. The van der Waals surface area contributed by atoms with Crippen LogP contribution in [-0.2, 0) is 11.2 Å². The molecule has 1 atom stereocenters. The second kappa shape index (κ2) is 7.74. The Kier molecular flexibility index (Phi) is 5.22. The SMILES string of the molecule is N#CC1CCN(C(=O)C(Cc2ccccn2)c2ccccc2)CC1. The summed E-state index contributed by atoms with van der Waals surface area (Å²) in [5.41, 5.74) is 1.95. The lowest BCUT2D eigenvalue weighted by molar-refractivity contribution is -0.134. The summed E-state index contributed by atoms with van der Waals surface area (Å²) >= 11 is 0. The highest BCUT2D eigenvalue weighted by molar-refractivity contribution is 5.84. The van der Waals surface area contributed by atoms with Gasteiger partial charge in [0, 0.05) is 37.3 Å². The van der Waals surface area contributed by atoms with Crippen molar-refractivity contribution in [2.24, 2.45) is 5.92 Å². The lowest BCUT2D eigenvalue weighted by Crippen LogP contribution is -2.41. The van der Waals surface area contributed by atoms with Crippen LogP contribution in [0.2, 0.25) is 0 Å². The van der Waals surface area contributed by atoms with E-state index in [-0.39, 0.29) is 17.7 Å². The van der Waals surface area contributed by atoms with E-state index < -0.39 is 0 Å². The molecule has 2 aromatic rings. The van der Waals surface area contributed by atoms with Crippen molar-refractivity contribution < 1.29 is 4.79 Å². The number of carbonyl (C=O) groups excluding carboxylic acids is 1. The zero-order chi connectivity index (χ0) is 16.8. The van der Waals surface area contributed by atoms with Crippen molar-refractivity contribution in [3.05, 3.63) is 66.0 Å². The summed E-state index contributed by atoms with van der Waals surface area (Å²) in [4.78, 5) is 19.4. The van der Waals surface area contributed by atoms with Gasteiger partial charge in [0.25, 0.3) is 0 Å². The number of amides is 1. The summed E-state index contributed by atoms with van der Waals surface area (Å²) in [6.45, 7) is 1.34. The van der Waals surface area contributed by atoms with Gasteiger partial charge in [0.2, 0.25) is 5.91 Å². The summed E-state index contributed by atoms with van der Waals surface area (Å²) < 4.78 is 0. The Hall–Kier alpha value is -2.67. The van der Waals surface area contributed by atoms with Gasteiger partial charge in [0.05, 0.1) is 12.0 Å². The predicted octanol–water partition coefficient (Wildman–Crippen LogP) is 3.17. The van der Waals surface area contributed by atoms with Crippen LogP contribution in [0.5, 0.6) is 0 Å². The van der Waals surface area contributed by atoms with Crippen LogP contribution in [-0.4, -0.2) is 28.9 Å². The van der Waals surface area contributed by atoms with Gasteiger partial charge in [0.15, 0.2) is 0 Å². The summed E-state index contributed by atoms with van der Waals surface area (Å²) in [6, 6.07) is 18.0. The smallest absolute Gasteiger partial charge is 0.230 e. The van der Waals surface area contributed by atoms with Crippen LogP contribution in [0.25, 0.3) is 0 Å². The highest BCUT2D eigenvalue weighted by Gasteiger charge is 2.29. The number of hydrogen-bond acceptors (Lipinski definition) is 3. The molecular formula is C20H21N3O. The van der Waals surface area contributed by atoms with E-state index in [1.165, 1.54) is 0 Å². The van der Waals surface area contributed by atoms with Gasteiger partial charge in [-0.15, -0.1) is 0 Å². The third-order valence-corrected chi connectivity index (χ3v) is 4.63. The number of pyridine rings is 1. The molecule has 1 aromatic carbocycles. The average molecular weight is 319 g/mol. The molecule has 0 aliphatic carbocycles. The monoisotopic (exact) mass is 319 g/mol. The van der Waals surface area contributed by atoms with Crippen LogP contribution in [0.1, 0.15) is 30.0 Å². The Labute approximate surface area is 142 Å². The van der Waals surface area contributed by atoms with Crippen molar-refractivity contribution >= 4 is 5.91 Å². The first-order chi connectivity index (χ1) is 11.8. The molecule has 1 saturated heterocycles. The van der Waals surface area contributed by atoms with Crippen molar-refractivity contribution in [1.82, 2.24) is 9.88 Å². The minimum Gasteiger partial charge on any atom is -0.342 e. The van der Waals surface area contributed by atoms with Gasteiger partial charge in [-0.05, 0) is 30.5 Å². The Bertz CT molecular complexity index is 701. The molecular weight excluding hydrogens is 298 g/mol. The largest absolute Gasteiger partial charge is 0.342 e. The van der Waals surface area contributed by atoms with Crippen LogP contribution >= 0.6 is 0 Å². The van der Waals surface area contributed by atoms with Gasteiger partial charge in [0.1, 0.15) is 0 Å². The highest BCUT2D eigenvalue weighted by Crippen LogP contribution is 2.25. The number of nitrogens with zero attached hydrogens (tertiary/aromatic N) is 3. The van der Waals surface area contributed by atoms with Crippen molar-refractivity contribution in [3.63, 3.8) is 0 Å². The van der Waals surface area contributed by atoms with E-state index in [1.807, 2.05) is 53.4 Å². The maximum Gasteiger partial charge on any atom is 0.230 e. The Morgan fingerprint density at radius 1 is 1.17 bits per heavy atom. The molecule has 1 fully saturated rings. The van der Waals surface area contributed by atoms with Crippen LogP contribution in [0, 0.1) is 17.2 Å². The summed E-state index contributed by atoms with van der Waals surface area (Å²) in [5, 5.41) is 9.04. The summed E-state index contributed by atoms with van der Waals surface area (Å²) in [5.74, 6) is 0.00277. The lowest BCUT2D eigenvalue weighted by Gasteiger charge is -2.32. The molecule has 4 nitrogen and oxygen atoms in total. The first kappa shape index (κ1) is 16.2. The van der Waals surface area contributed by atoms with Crippen LogP contribution in [0.4, 0.5) is 0 Å². The lowest BCUT2D eigenvalue weighted by atomic mass is 9.90.